The number of nitrogens with two attached hydrogens (primary N) is 1. The standard InChI is InChI=1S/C14H19N3O4S/c15-14(18)13-9-11-3-1-2-4-12(11)10-17(13)22(19,20)16-5-7-21-8-6-16/h1-4,13H,5-10H2,(H2,15,18)/t13-/m0/s1. The number of amides is 1. The van der Waals surface area contributed by atoms with Crippen LogP contribution in [0.2, 0.25) is 0 Å². The molecule has 0 unspecified atom stereocenters. The van der Waals surface area contributed by atoms with Crippen molar-refractivity contribution in [1.82, 2.24) is 8.61 Å². The Morgan fingerprint density at radius 1 is 1.18 bits per heavy atom. The van der Waals surface area contributed by atoms with Gasteiger partial charge in [0.15, 0.2) is 0 Å². The molecule has 2 aliphatic heterocycles. The minimum absolute atomic E-state index is 0.170. The lowest BCUT2D eigenvalue weighted by Crippen LogP contribution is -2.56. The van der Waals surface area contributed by atoms with Crippen molar-refractivity contribution in [2.24, 2.45) is 5.73 Å². The van der Waals surface area contributed by atoms with Crippen LogP contribution in [-0.2, 0) is 32.7 Å². The van der Waals surface area contributed by atoms with Crippen LogP contribution in [0.3, 0.4) is 0 Å². The third kappa shape index (κ3) is 2.74. The van der Waals surface area contributed by atoms with E-state index in [4.69, 9.17) is 10.5 Å². The first-order valence-corrected chi connectivity index (χ1v) is 8.60. The molecule has 120 valence electrons. The second kappa shape index (κ2) is 5.96. The molecular weight excluding hydrogens is 306 g/mol. The van der Waals surface area contributed by atoms with Crippen LogP contribution in [-0.4, -0.2) is 55.3 Å². The van der Waals surface area contributed by atoms with Crippen LogP contribution in [0.25, 0.3) is 0 Å². The molecule has 1 atom stereocenters. The maximum atomic E-state index is 12.9. The summed E-state index contributed by atoms with van der Waals surface area (Å²) in [5, 5.41) is 0. The van der Waals surface area contributed by atoms with Gasteiger partial charge < -0.3 is 10.5 Å². The van der Waals surface area contributed by atoms with E-state index < -0.39 is 22.2 Å². The first-order valence-electron chi connectivity index (χ1n) is 7.21. The van der Waals surface area contributed by atoms with Gasteiger partial charge in [0.2, 0.25) is 5.91 Å². The molecule has 2 heterocycles. The Bertz CT molecular complexity index is 670. The molecule has 0 radical (unpaired) electrons. The monoisotopic (exact) mass is 325 g/mol. The first kappa shape index (κ1) is 15.4. The number of carbonyl (C=O) groups is 1. The molecule has 1 fully saturated rings. The molecule has 3 rings (SSSR count). The molecule has 1 aromatic rings. The smallest absolute Gasteiger partial charge is 0.283 e. The summed E-state index contributed by atoms with van der Waals surface area (Å²) in [6, 6.07) is 6.69. The summed E-state index contributed by atoms with van der Waals surface area (Å²) in [7, 11) is -3.74. The van der Waals surface area contributed by atoms with Gasteiger partial charge in [-0.1, -0.05) is 24.3 Å². The van der Waals surface area contributed by atoms with Gasteiger partial charge in [-0.05, 0) is 17.5 Å². The summed E-state index contributed by atoms with van der Waals surface area (Å²) >= 11 is 0. The van der Waals surface area contributed by atoms with Gasteiger partial charge in [0.1, 0.15) is 6.04 Å². The Hall–Kier alpha value is -1.48. The van der Waals surface area contributed by atoms with Crippen LogP contribution in [0, 0.1) is 0 Å². The molecule has 0 bridgehead atoms. The Kier molecular flexibility index (Phi) is 4.18. The summed E-state index contributed by atoms with van der Waals surface area (Å²) in [6.07, 6.45) is 0.315. The fraction of sp³-hybridized carbons (Fsp3) is 0.500. The van der Waals surface area contributed by atoms with Gasteiger partial charge >= 0.3 is 0 Å². The molecule has 22 heavy (non-hydrogen) atoms. The number of carbonyl (C=O) groups excluding carboxylic acids is 1. The summed E-state index contributed by atoms with van der Waals surface area (Å²) in [6.45, 7) is 1.50. The molecule has 0 saturated carbocycles. The highest BCUT2D eigenvalue weighted by molar-refractivity contribution is 7.86. The normalized spacial score (nSPS) is 23.9. The number of hydrogen-bond acceptors (Lipinski definition) is 4. The molecule has 7 nitrogen and oxygen atoms in total. The molecule has 0 aliphatic carbocycles. The van der Waals surface area contributed by atoms with Crippen LogP contribution in [0.4, 0.5) is 0 Å². The van der Waals surface area contributed by atoms with Crippen molar-refractivity contribution in [2.45, 2.75) is 19.0 Å². The molecule has 1 aromatic carbocycles. The summed E-state index contributed by atoms with van der Waals surface area (Å²) in [5.74, 6) is -0.619. The van der Waals surface area contributed by atoms with Gasteiger partial charge in [-0.15, -0.1) is 0 Å². The Morgan fingerprint density at radius 2 is 1.82 bits per heavy atom. The quantitative estimate of drug-likeness (QED) is 0.809. The predicted octanol–water partition coefficient (Wildman–Crippen LogP) is -0.524. The highest BCUT2D eigenvalue weighted by Gasteiger charge is 2.41. The number of hydrogen-bond donors (Lipinski definition) is 1. The molecular formula is C14H19N3O4S. The molecule has 0 aromatic heterocycles. The lowest BCUT2D eigenvalue weighted by Gasteiger charge is -2.38. The highest BCUT2D eigenvalue weighted by atomic mass is 32.2. The zero-order chi connectivity index (χ0) is 15.7. The Labute approximate surface area is 129 Å². The molecule has 1 amide bonds. The minimum Gasteiger partial charge on any atom is -0.379 e. The fourth-order valence-electron chi connectivity index (χ4n) is 2.91. The van der Waals surface area contributed by atoms with Crippen LogP contribution in [0.1, 0.15) is 11.1 Å². The number of rotatable bonds is 3. The average Bonchev–Trinajstić information content (AvgIpc) is 2.54. The van der Waals surface area contributed by atoms with Crippen molar-refractivity contribution in [3.63, 3.8) is 0 Å². The van der Waals surface area contributed by atoms with E-state index in [1.165, 1.54) is 8.61 Å². The van der Waals surface area contributed by atoms with E-state index in [-0.39, 0.29) is 6.54 Å². The van der Waals surface area contributed by atoms with Crippen molar-refractivity contribution in [2.75, 3.05) is 26.3 Å². The van der Waals surface area contributed by atoms with Gasteiger partial charge in [-0.25, -0.2) is 0 Å². The fourth-order valence-corrected chi connectivity index (χ4v) is 4.62. The number of fused-ring (bicyclic) bond motifs is 1. The lowest BCUT2D eigenvalue weighted by molar-refractivity contribution is -0.122. The maximum absolute atomic E-state index is 12.9. The molecule has 2 aliphatic rings. The summed E-state index contributed by atoms with van der Waals surface area (Å²) in [5.41, 5.74) is 7.34. The van der Waals surface area contributed by atoms with Crippen molar-refractivity contribution < 1.29 is 17.9 Å². The van der Waals surface area contributed by atoms with Crippen molar-refractivity contribution in [3.8, 4) is 0 Å². The minimum atomic E-state index is -3.74. The zero-order valence-corrected chi connectivity index (χ0v) is 13.0. The number of morpholine rings is 1. The van der Waals surface area contributed by atoms with Gasteiger partial charge in [-0.3, -0.25) is 4.79 Å². The third-order valence-corrected chi connectivity index (χ3v) is 6.12. The van der Waals surface area contributed by atoms with E-state index in [9.17, 15) is 13.2 Å². The van der Waals surface area contributed by atoms with E-state index in [0.717, 1.165) is 11.1 Å². The van der Waals surface area contributed by atoms with Crippen LogP contribution in [0.5, 0.6) is 0 Å². The second-order valence-electron chi connectivity index (χ2n) is 5.46. The Balaban J connectivity index is 1.95. The summed E-state index contributed by atoms with van der Waals surface area (Å²) < 4.78 is 33.5. The molecule has 8 heteroatoms. The molecule has 1 saturated heterocycles. The summed E-state index contributed by atoms with van der Waals surface area (Å²) in [4.78, 5) is 11.8. The molecule has 0 spiro atoms. The van der Waals surface area contributed by atoms with Gasteiger partial charge in [0.25, 0.3) is 10.2 Å². The van der Waals surface area contributed by atoms with Crippen LogP contribution < -0.4 is 5.73 Å². The topological polar surface area (TPSA) is 92.9 Å². The van der Waals surface area contributed by atoms with Crippen molar-refractivity contribution in [3.05, 3.63) is 35.4 Å². The van der Waals surface area contributed by atoms with Crippen LogP contribution in [0.15, 0.2) is 24.3 Å². The zero-order valence-electron chi connectivity index (χ0n) is 12.1. The predicted molar refractivity (Wildman–Crippen MR) is 80.0 cm³/mol. The van der Waals surface area contributed by atoms with Gasteiger partial charge in [-0.2, -0.15) is 17.0 Å². The Morgan fingerprint density at radius 3 is 2.45 bits per heavy atom. The number of nitrogens with zero attached hydrogens (tertiary/aromatic N) is 2. The second-order valence-corrected chi connectivity index (χ2v) is 7.34. The lowest BCUT2D eigenvalue weighted by atomic mass is 9.96. The van der Waals surface area contributed by atoms with Crippen molar-refractivity contribution >= 4 is 16.1 Å². The highest BCUT2D eigenvalue weighted by Crippen LogP contribution is 2.27. The van der Waals surface area contributed by atoms with E-state index >= 15 is 0 Å². The largest absolute Gasteiger partial charge is 0.379 e. The van der Waals surface area contributed by atoms with E-state index in [2.05, 4.69) is 0 Å². The first-order chi connectivity index (χ1) is 10.5. The average molecular weight is 325 g/mol. The SMILES string of the molecule is NC(=O)[C@@H]1Cc2ccccc2CN1S(=O)(=O)N1CCOCC1. The van der Waals surface area contributed by atoms with E-state index in [1.807, 2.05) is 24.3 Å². The van der Waals surface area contributed by atoms with Gasteiger partial charge in [0, 0.05) is 19.6 Å². The number of benzene rings is 1. The van der Waals surface area contributed by atoms with Crippen molar-refractivity contribution in [1.29, 1.82) is 0 Å². The molecule has 2 N–H and O–H groups in total. The van der Waals surface area contributed by atoms with E-state index in [0.29, 0.717) is 32.7 Å². The number of primary amides is 1. The maximum Gasteiger partial charge on any atom is 0.283 e. The van der Waals surface area contributed by atoms with Gasteiger partial charge in [0.05, 0.1) is 13.2 Å². The van der Waals surface area contributed by atoms with Crippen LogP contribution >= 0.6 is 0 Å². The number of ether oxygens (including phenoxy) is 1. The van der Waals surface area contributed by atoms with E-state index in [1.54, 1.807) is 0 Å². The third-order valence-electron chi connectivity index (χ3n) is 4.13.